The number of unbranched alkanes of at least 4 members (excludes halogenated alkanes) is 2. The topological polar surface area (TPSA) is 28.4 Å². The van der Waals surface area contributed by atoms with E-state index in [2.05, 4.69) is 77.9 Å². The molecule has 3 nitrogen and oxygen atoms in total. The van der Waals surface area contributed by atoms with Crippen LogP contribution in [0.25, 0.3) is 10.9 Å². The number of aliphatic hydroxyl groups is 1. The van der Waals surface area contributed by atoms with Crippen LogP contribution in [0, 0.1) is 0 Å². The smallest absolute Gasteiger partial charge is 0.140 e. The van der Waals surface area contributed by atoms with E-state index in [0.717, 1.165) is 18.7 Å². The molecular formula is C27H36N2OS. The normalized spacial score (nSPS) is 18.6. The van der Waals surface area contributed by atoms with E-state index >= 15 is 0 Å². The van der Waals surface area contributed by atoms with E-state index in [1.807, 2.05) is 11.8 Å². The van der Waals surface area contributed by atoms with Gasteiger partial charge in [0.15, 0.2) is 0 Å². The van der Waals surface area contributed by atoms with Gasteiger partial charge in [0.25, 0.3) is 0 Å². The Morgan fingerprint density at radius 2 is 1.61 bits per heavy atom. The molecule has 0 bridgehead atoms. The fourth-order valence-corrected chi connectivity index (χ4v) is 6.08. The minimum absolute atomic E-state index is 0.270. The van der Waals surface area contributed by atoms with Gasteiger partial charge in [0, 0.05) is 23.4 Å². The Morgan fingerprint density at radius 1 is 0.935 bits per heavy atom. The summed E-state index contributed by atoms with van der Waals surface area (Å²) < 4.78 is 2.22. The predicted molar refractivity (Wildman–Crippen MR) is 134 cm³/mol. The van der Waals surface area contributed by atoms with E-state index in [4.69, 9.17) is 0 Å². The van der Waals surface area contributed by atoms with Crippen molar-refractivity contribution in [3.05, 3.63) is 71.4 Å². The SMILES string of the molecule is CCCCN(CCCC)CCc1c2n(c3ccccc13)C(O)CSC2c1ccccc1. The second kappa shape index (κ2) is 10.7. The lowest BCUT2D eigenvalue weighted by Crippen LogP contribution is -2.29. The molecule has 1 aliphatic heterocycles. The van der Waals surface area contributed by atoms with Crippen molar-refractivity contribution in [2.45, 2.75) is 57.4 Å². The maximum absolute atomic E-state index is 11.0. The van der Waals surface area contributed by atoms with Gasteiger partial charge >= 0.3 is 0 Å². The molecule has 1 aromatic heterocycles. The van der Waals surface area contributed by atoms with Gasteiger partial charge in [-0.3, -0.25) is 0 Å². The van der Waals surface area contributed by atoms with Crippen molar-refractivity contribution >= 4 is 22.7 Å². The molecule has 0 spiro atoms. The highest BCUT2D eigenvalue weighted by molar-refractivity contribution is 7.99. The highest BCUT2D eigenvalue weighted by Gasteiger charge is 2.32. The molecule has 4 heteroatoms. The second-order valence-corrected chi connectivity index (χ2v) is 9.79. The number of benzene rings is 2. The molecule has 0 aliphatic carbocycles. The second-order valence-electron chi connectivity index (χ2n) is 8.65. The van der Waals surface area contributed by atoms with Crippen LogP contribution in [0.2, 0.25) is 0 Å². The third-order valence-electron chi connectivity index (χ3n) is 6.45. The van der Waals surface area contributed by atoms with Crippen molar-refractivity contribution < 1.29 is 5.11 Å². The molecule has 2 heterocycles. The molecule has 0 saturated heterocycles. The first-order valence-electron chi connectivity index (χ1n) is 11.9. The predicted octanol–water partition coefficient (Wildman–Crippen LogP) is 6.41. The van der Waals surface area contributed by atoms with Crippen molar-refractivity contribution in [2.24, 2.45) is 0 Å². The third kappa shape index (κ3) is 4.87. The lowest BCUT2D eigenvalue weighted by molar-refractivity contribution is 0.128. The Morgan fingerprint density at radius 3 is 2.32 bits per heavy atom. The van der Waals surface area contributed by atoms with E-state index in [1.54, 1.807) is 0 Å². The Balaban J connectivity index is 1.72. The van der Waals surface area contributed by atoms with Crippen molar-refractivity contribution in [3.63, 3.8) is 0 Å². The number of rotatable bonds is 10. The molecule has 1 N–H and O–H groups in total. The average molecular weight is 437 g/mol. The van der Waals surface area contributed by atoms with Crippen molar-refractivity contribution in [1.29, 1.82) is 0 Å². The number of fused-ring (bicyclic) bond motifs is 3. The van der Waals surface area contributed by atoms with Gasteiger partial charge in [0.1, 0.15) is 6.23 Å². The summed E-state index contributed by atoms with van der Waals surface area (Å²) >= 11 is 1.87. The van der Waals surface area contributed by atoms with Crippen LogP contribution in [0.3, 0.4) is 0 Å². The number of hydrogen-bond donors (Lipinski definition) is 1. The summed E-state index contributed by atoms with van der Waals surface area (Å²) in [4.78, 5) is 2.65. The van der Waals surface area contributed by atoms with Crippen LogP contribution in [0.1, 0.15) is 67.8 Å². The summed E-state index contributed by atoms with van der Waals surface area (Å²) in [6.45, 7) is 8.01. The molecule has 0 fully saturated rings. The van der Waals surface area contributed by atoms with Gasteiger partial charge in [-0.25, -0.2) is 0 Å². The minimum Gasteiger partial charge on any atom is -0.372 e. The van der Waals surface area contributed by atoms with Gasteiger partial charge in [0.2, 0.25) is 0 Å². The van der Waals surface area contributed by atoms with E-state index in [9.17, 15) is 5.11 Å². The molecule has 3 aromatic rings. The minimum atomic E-state index is -0.463. The maximum Gasteiger partial charge on any atom is 0.140 e. The summed E-state index contributed by atoms with van der Waals surface area (Å²) in [7, 11) is 0. The Kier molecular flexibility index (Phi) is 7.76. The quantitative estimate of drug-likeness (QED) is 0.398. The zero-order chi connectivity index (χ0) is 21.6. The van der Waals surface area contributed by atoms with Crippen molar-refractivity contribution in [2.75, 3.05) is 25.4 Å². The molecule has 0 amide bonds. The van der Waals surface area contributed by atoms with Crippen LogP contribution in [0.15, 0.2) is 54.6 Å². The summed E-state index contributed by atoms with van der Waals surface area (Å²) in [5, 5.41) is 12.6. The van der Waals surface area contributed by atoms with E-state index in [1.165, 1.54) is 66.5 Å². The maximum atomic E-state index is 11.0. The highest BCUT2D eigenvalue weighted by Crippen LogP contribution is 2.47. The average Bonchev–Trinajstić information content (AvgIpc) is 3.14. The van der Waals surface area contributed by atoms with Gasteiger partial charge in [-0.05, 0) is 49.5 Å². The lowest BCUT2D eigenvalue weighted by atomic mass is 10.0. The van der Waals surface area contributed by atoms with Crippen LogP contribution in [0.4, 0.5) is 0 Å². The molecule has 1 aliphatic rings. The summed E-state index contributed by atoms with van der Waals surface area (Å²) in [6.07, 6.45) is 5.58. The van der Waals surface area contributed by atoms with Crippen LogP contribution in [-0.2, 0) is 6.42 Å². The van der Waals surface area contributed by atoms with Gasteiger partial charge in [-0.1, -0.05) is 75.2 Å². The van der Waals surface area contributed by atoms with Gasteiger partial charge in [-0.2, -0.15) is 0 Å². The summed E-state index contributed by atoms with van der Waals surface area (Å²) in [6, 6.07) is 19.5. The molecule has 0 radical (unpaired) electrons. The Bertz CT molecular complexity index is 960. The number of thioether (sulfide) groups is 1. The summed E-state index contributed by atoms with van der Waals surface area (Å²) in [5.74, 6) is 0.726. The first-order chi connectivity index (χ1) is 15.2. The first kappa shape index (κ1) is 22.4. The number of nitrogens with zero attached hydrogens (tertiary/aromatic N) is 2. The first-order valence-corrected chi connectivity index (χ1v) is 13.0. The van der Waals surface area contributed by atoms with Gasteiger partial charge < -0.3 is 14.6 Å². The van der Waals surface area contributed by atoms with E-state index in [-0.39, 0.29) is 5.25 Å². The van der Waals surface area contributed by atoms with Crippen LogP contribution < -0.4 is 0 Å². The van der Waals surface area contributed by atoms with Crippen LogP contribution >= 0.6 is 11.8 Å². The molecule has 166 valence electrons. The lowest BCUT2D eigenvalue weighted by Gasteiger charge is -2.31. The van der Waals surface area contributed by atoms with Crippen molar-refractivity contribution in [3.8, 4) is 0 Å². The molecule has 4 rings (SSSR count). The Labute approximate surface area is 191 Å². The largest absolute Gasteiger partial charge is 0.372 e. The highest BCUT2D eigenvalue weighted by atomic mass is 32.2. The molecule has 2 aromatic carbocycles. The Hall–Kier alpha value is -1.75. The third-order valence-corrected chi connectivity index (χ3v) is 7.77. The molecule has 0 saturated carbocycles. The summed E-state index contributed by atoms with van der Waals surface area (Å²) in [5.41, 5.74) is 5.24. The number of aliphatic hydroxyl groups excluding tert-OH is 1. The molecule has 2 atom stereocenters. The number of aromatic nitrogens is 1. The monoisotopic (exact) mass is 436 g/mol. The van der Waals surface area contributed by atoms with Crippen LogP contribution in [-0.4, -0.2) is 40.0 Å². The molecule has 31 heavy (non-hydrogen) atoms. The number of hydrogen-bond acceptors (Lipinski definition) is 3. The zero-order valence-electron chi connectivity index (χ0n) is 19.0. The molecular weight excluding hydrogens is 400 g/mol. The van der Waals surface area contributed by atoms with E-state index < -0.39 is 6.23 Å². The van der Waals surface area contributed by atoms with Gasteiger partial charge in [0.05, 0.1) is 10.8 Å². The fourth-order valence-electron chi connectivity index (χ4n) is 4.81. The van der Waals surface area contributed by atoms with Crippen molar-refractivity contribution in [1.82, 2.24) is 9.47 Å². The van der Waals surface area contributed by atoms with E-state index in [0.29, 0.717) is 0 Å². The standard InChI is InChI=1S/C27H36N2OS/c1-3-5-17-28(18-6-4-2)19-16-23-22-14-10-11-15-24(22)29-25(30)20-31-27(26(23)29)21-12-8-7-9-13-21/h7-15,25,27,30H,3-6,16-20H2,1-2H3. The van der Waals surface area contributed by atoms with Gasteiger partial charge in [-0.15, -0.1) is 11.8 Å². The van der Waals surface area contributed by atoms with Crippen LogP contribution in [0.5, 0.6) is 0 Å². The number of para-hydroxylation sites is 1. The molecule has 2 unspecified atom stereocenters. The zero-order valence-corrected chi connectivity index (χ0v) is 19.8. The fraction of sp³-hybridized carbons (Fsp3) is 0.481.